The fourth-order valence-corrected chi connectivity index (χ4v) is 2.79. The van der Waals surface area contributed by atoms with E-state index in [9.17, 15) is 19.3 Å². The van der Waals surface area contributed by atoms with Crippen LogP contribution in [0.2, 0.25) is 0 Å². The monoisotopic (exact) mass is 389 g/mol. The van der Waals surface area contributed by atoms with Crippen molar-refractivity contribution in [3.8, 4) is 16.9 Å². The maximum absolute atomic E-state index is 13.1. The van der Waals surface area contributed by atoms with Crippen LogP contribution < -0.4 is 0 Å². The maximum Gasteiger partial charge on any atom is 0.269 e. The molecule has 0 atom stereocenters. The fourth-order valence-electron chi connectivity index (χ4n) is 2.22. The summed E-state index contributed by atoms with van der Waals surface area (Å²) in [7, 11) is 0. The van der Waals surface area contributed by atoms with Gasteiger partial charge in [-0.15, -0.1) is 0 Å². The Morgan fingerprint density at radius 2 is 1.75 bits per heavy atom. The predicted octanol–water partition coefficient (Wildman–Crippen LogP) is 4.16. The van der Waals surface area contributed by atoms with Crippen molar-refractivity contribution in [3.63, 3.8) is 0 Å². The van der Waals surface area contributed by atoms with E-state index in [2.05, 4.69) is 21.0 Å². The molecule has 24 heavy (non-hydrogen) atoms. The van der Waals surface area contributed by atoms with Crippen molar-refractivity contribution < 1.29 is 14.1 Å². The molecule has 0 amide bonds. The van der Waals surface area contributed by atoms with Crippen LogP contribution in [0.3, 0.4) is 0 Å². The zero-order valence-corrected chi connectivity index (χ0v) is 13.6. The molecule has 0 saturated carbocycles. The van der Waals surface area contributed by atoms with Crippen LogP contribution in [0.15, 0.2) is 53.1 Å². The van der Waals surface area contributed by atoms with Crippen LogP contribution in [0.5, 0.6) is 0 Å². The molecule has 0 radical (unpaired) electrons. The third kappa shape index (κ3) is 2.83. The van der Waals surface area contributed by atoms with Gasteiger partial charge < -0.3 is 0 Å². The van der Waals surface area contributed by atoms with Gasteiger partial charge in [0.25, 0.3) is 5.69 Å². The summed E-state index contributed by atoms with van der Waals surface area (Å²) in [4.78, 5) is 21.7. The van der Waals surface area contributed by atoms with Crippen LogP contribution >= 0.6 is 15.9 Å². The number of carbonyl (C=O) groups is 1. The Hall–Kier alpha value is -2.87. The summed E-state index contributed by atoms with van der Waals surface area (Å²) in [5.74, 6) is -0.381. The Balaban J connectivity index is 2.11. The average molecular weight is 390 g/mol. The first-order valence-electron chi connectivity index (χ1n) is 6.75. The number of rotatable bonds is 4. The van der Waals surface area contributed by atoms with Gasteiger partial charge in [-0.25, -0.2) is 9.07 Å². The molecule has 1 heterocycles. The molecule has 1 aromatic heterocycles. The van der Waals surface area contributed by atoms with Crippen molar-refractivity contribution in [1.29, 1.82) is 0 Å². The minimum Gasteiger partial charge on any atom is -0.298 e. The second-order valence-electron chi connectivity index (χ2n) is 4.86. The van der Waals surface area contributed by atoms with Crippen molar-refractivity contribution in [2.24, 2.45) is 0 Å². The van der Waals surface area contributed by atoms with E-state index >= 15 is 0 Å². The summed E-state index contributed by atoms with van der Waals surface area (Å²) in [5, 5.41) is 15.1. The van der Waals surface area contributed by atoms with E-state index in [1.807, 2.05) is 0 Å². The minimum absolute atomic E-state index is 0.0524. The number of aldehydes is 1. The molecule has 0 spiro atoms. The van der Waals surface area contributed by atoms with Gasteiger partial charge in [0.2, 0.25) is 0 Å². The molecule has 3 rings (SSSR count). The van der Waals surface area contributed by atoms with Crippen molar-refractivity contribution in [3.05, 3.63) is 74.6 Å². The minimum atomic E-state index is -0.503. The van der Waals surface area contributed by atoms with E-state index in [0.717, 1.165) is 0 Å². The lowest BCUT2D eigenvalue weighted by molar-refractivity contribution is -0.384. The summed E-state index contributed by atoms with van der Waals surface area (Å²) >= 11 is 3.32. The Labute approximate surface area is 143 Å². The van der Waals surface area contributed by atoms with Crippen LogP contribution in [0.1, 0.15) is 10.4 Å². The molecule has 0 bridgehead atoms. The van der Waals surface area contributed by atoms with Crippen LogP contribution in [-0.2, 0) is 0 Å². The molecule has 0 N–H and O–H groups in total. The van der Waals surface area contributed by atoms with Gasteiger partial charge in [0.1, 0.15) is 16.1 Å². The first-order valence-corrected chi connectivity index (χ1v) is 7.55. The van der Waals surface area contributed by atoms with Gasteiger partial charge in [-0.2, -0.15) is 5.10 Å². The Morgan fingerprint density at radius 3 is 2.29 bits per heavy atom. The molecular weight excluding hydrogens is 381 g/mol. The highest BCUT2D eigenvalue weighted by molar-refractivity contribution is 9.10. The number of benzene rings is 2. The van der Waals surface area contributed by atoms with E-state index in [-0.39, 0.29) is 11.5 Å². The second-order valence-corrected chi connectivity index (χ2v) is 5.61. The number of carbonyl (C=O) groups excluding carboxylic acids is 1. The second kappa shape index (κ2) is 6.32. The van der Waals surface area contributed by atoms with Crippen molar-refractivity contribution in [2.45, 2.75) is 0 Å². The smallest absolute Gasteiger partial charge is 0.269 e. The van der Waals surface area contributed by atoms with Crippen LogP contribution in [0.25, 0.3) is 16.9 Å². The largest absolute Gasteiger partial charge is 0.298 e. The highest BCUT2D eigenvalue weighted by Gasteiger charge is 2.18. The Bertz CT molecular complexity index is 921. The highest BCUT2D eigenvalue weighted by atomic mass is 79.9. The number of hydrogen-bond donors (Lipinski definition) is 0. The van der Waals surface area contributed by atoms with E-state index < -0.39 is 4.92 Å². The highest BCUT2D eigenvalue weighted by Crippen LogP contribution is 2.30. The molecule has 2 aromatic carbocycles. The summed E-state index contributed by atoms with van der Waals surface area (Å²) in [6.45, 7) is 0. The third-order valence-electron chi connectivity index (χ3n) is 3.40. The number of nitro benzene ring substituents is 1. The standard InChI is InChI=1S/C16H9BrFN3O3/c17-16-14(9-22)15(10-1-5-13(6-2-10)21(23)24)19-20(16)12-7-3-11(18)4-8-12/h1-9H. The van der Waals surface area contributed by atoms with E-state index in [1.165, 1.54) is 53.2 Å². The van der Waals surface area contributed by atoms with Gasteiger partial charge >= 0.3 is 0 Å². The third-order valence-corrected chi connectivity index (χ3v) is 4.17. The number of nitro groups is 1. The fraction of sp³-hybridized carbons (Fsp3) is 0. The lowest BCUT2D eigenvalue weighted by atomic mass is 10.1. The SMILES string of the molecule is O=Cc1c(-c2ccc([N+](=O)[O-])cc2)nn(-c2ccc(F)cc2)c1Br. The molecular formula is C16H9BrFN3O3. The average Bonchev–Trinajstić information content (AvgIpc) is 2.92. The normalized spacial score (nSPS) is 10.6. The van der Waals surface area contributed by atoms with Crippen molar-refractivity contribution >= 4 is 27.9 Å². The first-order chi connectivity index (χ1) is 11.5. The number of non-ortho nitro benzene ring substituents is 1. The van der Waals surface area contributed by atoms with E-state index in [4.69, 9.17) is 0 Å². The molecule has 0 aliphatic carbocycles. The molecule has 120 valence electrons. The van der Waals surface area contributed by atoms with Crippen molar-refractivity contribution in [1.82, 2.24) is 9.78 Å². The molecule has 0 saturated heterocycles. The Kier molecular flexibility index (Phi) is 4.22. The van der Waals surface area contributed by atoms with Crippen molar-refractivity contribution in [2.75, 3.05) is 0 Å². The van der Waals surface area contributed by atoms with Crippen LogP contribution in [-0.4, -0.2) is 21.0 Å². The van der Waals surface area contributed by atoms with Gasteiger partial charge in [-0.05, 0) is 52.3 Å². The zero-order valence-electron chi connectivity index (χ0n) is 12.0. The molecule has 8 heteroatoms. The van der Waals surface area contributed by atoms with Crippen LogP contribution in [0, 0.1) is 15.9 Å². The van der Waals surface area contributed by atoms with Crippen LogP contribution in [0.4, 0.5) is 10.1 Å². The summed E-state index contributed by atoms with van der Waals surface area (Å²) in [6, 6.07) is 11.4. The molecule has 0 fully saturated rings. The van der Waals surface area contributed by atoms with Gasteiger partial charge in [0, 0.05) is 17.7 Å². The van der Waals surface area contributed by atoms with E-state index in [0.29, 0.717) is 33.4 Å². The zero-order chi connectivity index (χ0) is 17.3. The number of aromatic nitrogens is 2. The maximum atomic E-state index is 13.1. The van der Waals surface area contributed by atoms with Gasteiger partial charge in [-0.1, -0.05) is 0 Å². The molecule has 6 nitrogen and oxygen atoms in total. The number of hydrogen-bond acceptors (Lipinski definition) is 4. The van der Waals surface area contributed by atoms with E-state index in [1.54, 1.807) is 0 Å². The Morgan fingerprint density at radius 1 is 1.12 bits per heavy atom. The van der Waals surface area contributed by atoms with Gasteiger partial charge in [-0.3, -0.25) is 14.9 Å². The predicted molar refractivity (Wildman–Crippen MR) is 88.7 cm³/mol. The lowest BCUT2D eigenvalue weighted by Crippen LogP contribution is -1.97. The molecule has 3 aromatic rings. The summed E-state index contributed by atoms with van der Waals surface area (Å²) in [5.41, 5.74) is 1.75. The van der Waals surface area contributed by atoms with Gasteiger partial charge in [0.15, 0.2) is 6.29 Å². The number of nitrogens with zero attached hydrogens (tertiary/aromatic N) is 3. The first kappa shape index (κ1) is 16.0. The van der Waals surface area contributed by atoms with Gasteiger partial charge in [0.05, 0.1) is 16.2 Å². The topological polar surface area (TPSA) is 78.0 Å². The molecule has 0 unspecified atom stereocenters. The summed E-state index contributed by atoms with van der Waals surface area (Å²) in [6.07, 6.45) is 0.647. The number of halogens is 2. The molecule has 0 aliphatic heterocycles. The summed E-state index contributed by atoms with van der Waals surface area (Å²) < 4.78 is 14.9. The quantitative estimate of drug-likeness (QED) is 0.381. The lowest BCUT2D eigenvalue weighted by Gasteiger charge is -2.02. The molecule has 0 aliphatic rings.